The molecule has 0 bridgehead atoms. The predicted octanol–water partition coefficient (Wildman–Crippen LogP) is 0.904. The molecule has 0 radical (unpaired) electrons. The third-order valence-electron chi connectivity index (χ3n) is 1.96. The Balaban J connectivity index is 2.09. The van der Waals surface area contributed by atoms with Gasteiger partial charge >= 0.3 is 0 Å². The normalized spacial score (nSPS) is 11.3. The van der Waals surface area contributed by atoms with Crippen LogP contribution in [0.4, 0.5) is 0 Å². The average Bonchev–Trinajstić information content (AvgIpc) is 2.91. The van der Waals surface area contributed by atoms with Crippen LogP contribution in [0.5, 0.6) is 0 Å². The van der Waals surface area contributed by atoms with Gasteiger partial charge in [-0.1, -0.05) is 11.3 Å². The smallest absolute Gasteiger partial charge is 0.234 e. The highest BCUT2D eigenvalue weighted by molar-refractivity contribution is 7.19. The van der Waals surface area contributed by atoms with Crippen LogP contribution in [0.3, 0.4) is 0 Å². The maximum Gasteiger partial charge on any atom is 0.234 e. The topological polar surface area (TPSA) is 82.2 Å². The monoisotopic (exact) mass is 221 g/mol. The minimum atomic E-state index is 0.393. The summed E-state index contributed by atoms with van der Waals surface area (Å²) in [7, 11) is 0. The van der Waals surface area contributed by atoms with Crippen molar-refractivity contribution >= 4 is 16.3 Å². The lowest BCUT2D eigenvalue weighted by atomic mass is 10.4. The molecule has 0 fully saturated rings. The summed E-state index contributed by atoms with van der Waals surface area (Å²) >= 11 is 1.42. The van der Waals surface area contributed by atoms with Crippen LogP contribution < -0.4 is 5.73 Å². The van der Waals surface area contributed by atoms with E-state index in [1.54, 1.807) is 10.8 Å². The van der Waals surface area contributed by atoms with Gasteiger partial charge in [0.1, 0.15) is 12.1 Å². The molecule has 3 aromatic heterocycles. The molecule has 0 amide bonds. The van der Waals surface area contributed by atoms with Crippen molar-refractivity contribution in [2.45, 2.75) is 6.54 Å². The van der Waals surface area contributed by atoms with Crippen molar-refractivity contribution < 1.29 is 4.42 Å². The van der Waals surface area contributed by atoms with Crippen molar-refractivity contribution in [2.24, 2.45) is 5.73 Å². The van der Waals surface area contributed by atoms with Gasteiger partial charge in [0.25, 0.3) is 0 Å². The number of hydrogen-bond acceptors (Lipinski definition) is 6. The summed E-state index contributed by atoms with van der Waals surface area (Å²) in [6.07, 6.45) is 1.56. The largest absolute Gasteiger partial charge is 0.457 e. The van der Waals surface area contributed by atoms with Crippen molar-refractivity contribution in [3.63, 3.8) is 0 Å². The minimum Gasteiger partial charge on any atom is -0.457 e. The maximum absolute atomic E-state index is 5.48. The Morgan fingerprint density at radius 3 is 3.13 bits per heavy atom. The van der Waals surface area contributed by atoms with Crippen molar-refractivity contribution in [1.29, 1.82) is 0 Å². The summed E-state index contributed by atoms with van der Waals surface area (Å²) in [6.45, 7) is 0.393. The van der Waals surface area contributed by atoms with Gasteiger partial charge in [0, 0.05) is 0 Å². The first kappa shape index (κ1) is 8.57. The molecule has 0 spiro atoms. The molecule has 7 heteroatoms. The first-order valence-corrected chi connectivity index (χ1v) is 5.14. The van der Waals surface area contributed by atoms with Gasteiger partial charge < -0.3 is 10.2 Å². The zero-order valence-corrected chi connectivity index (χ0v) is 8.44. The van der Waals surface area contributed by atoms with E-state index in [0.717, 1.165) is 15.7 Å². The number of fused-ring (bicyclic) bond motifs is 1. The Kier molecular flexibility index (Phi) is 1.79. The molecule has 0 aliphatic rings. The van der Waals surface area contributed by atoms with Gasteiger partial charge in [-0.05, 0) is 12.1 Å². The van der Waals surface area contributed by atoms with E-state index < -0.39 is 0 Å². The number of furan rings is 1. The van der Waals surface area contributed by atoms with E-state index in [1.165, 1.54) is 11.3 Å². The first-order valence-electron chi connectivity index (χ1n) is 4.33. The molecule has 0 aromatic carbocycles. The van der Waals surface area contributed by atoms with Crippen molar-refractivity contribution in [3.8, 4) is 10.8 Å². The molecule has 3 rings (SSSR count). The fourth-order valence-electron chi connectivity index (χ4n) is 1.26. The van der Waals surface area contributed by atoms with Crippen molar-refractivity contribution in [1.82, 2.24) is 19.8 Å². The van der Waals surface area contributed by atoms with E-state index in [1.807, 2.05) is 12.1 Å². The van der Waals surface area contributed by atoms with Gasteiger partial charge in [0.2, 0.25) is 4.96 Å². The Hall–Kier alpha value is -1.73. The Morgan fingerprint density at radius 1 is 1.47 bits per heavy atom. The summed E-state index contributed by atoms with van der Waals surface area (Å²) in [6, 6.07) is 3.70. The number of nitrogens with zero attached hydrogens (tertiary/aromatic N) is 4. The molecular formula is C8H7N5OS. The second-order valence-corrected chi connectivity index (χ2v) is 3.89. The molecule has 3 heterocycles. The molecule has 0 aliphatic heterocycles. The summed E-state index contributed by atoms with van der Waals surface area (Å²) < 4.78 is 7.09. The third-order valence-corrected chi connectivity index (χ3v) is 2.89. The van der Waals surface area contributed by atoms with E-state index in [2.05, 4.69) is 15.3 Å². The zero-order valence-electron chi connectivity index (χ0n) is 7.62. The van der Waals surface area contributed by atoms with E-state index in [9.17, 15) is 0 Å². The van der Waals surface area contributed by atoms with Crippen LogP contribution in [0, 0.1) is 0 Å². The quantitative estimate of drug-likeness (QED) is 0.695. The summed E-state index contributed by atoms with van der Waals surface area (Å²) in [5.41, 5.74) is 5.46. The van der Waals surface area contributed by atoms with E-state index in [4.69, 9.17) is 10.2 Å². The summed E-state index contributed by atoms with van der Waals surface area (Å²) in [5, 5.41) is 12.7. The van der Waals surface area contributed by atoms with Gasteiger partial charge in [-0.3, -0.25) is 0 Å². The van der Waals surface area contributed by atoms with Crippen LogP contribution in [-0.2, 0) is 6.54 Å². The highest BCUT2D eigenvalue weighted by Gasteiger charge is 2.10. The highest BCUT2D eigenvalue weighted by Crippen LogP contribution is 2.26. The Labute approximate surface area is 88.3 Å². The molecule has 0 saturated carbocycles. The van der Waals surface area contributed by atoms with Crippen molar-refractivity contribution in [3.05, 3.63) is 24.2 Å². The molecule has 6 nitrogen and oxygen atoms in total. The van der Waals surface area contributed by atoms with Gasteiger partial charge in [0.15, 0.2) is 10.8 Å². The third kappa shape index (κ3) is 1.32. The van der Waals surface area contributed by atoms with Crippen LogP contribution in [0.1, 0.15) is 5.76 Å². The van der Waals surface area contributed by atoms with Crippen LogP contribution >= 0.6 is 11.3 Å². The molecule has 15 heavy (non-hydrogen) atoms. The molecule has 76 valence electrons. The lowest BCUT2D eigenvalue weighted by molar-refractivity contribution is 0.524. The molecule has 2 N–H and O–H groups in total. The molecule has 3 aromatic rings. The van der Waals surface area contributed by atoms with Crippen LogP contribution in [0.2, 0.25) is 0 Å². The number of hydrogen-bond donors (Lipinski definition) is 1. The highest BCUT2D eigenvalue weighted by atomic mass is 32.1. The number of rotatable bonds is 2. The standard InChI is InChI=1S/C8H7N5OS/c9-3-5-1-2-6(14-5)7-12-13-4-10-11-8(13)15-7/h1-2,4H,3,9H2. The summed E-state index contributed by atoms with van der Waals surface area (Å²) in [5.74, 6) is 1.46. The van der Waals surface area contributed by atoms with E-state index >= 15 is 0 Å². The van der Waals surface area contributed by atoms with E-state index in [0.29, 0.717) is 12.3 Å². The minimum absolute atomic E-state index is 0.393. The Morgan fingerprint density at radius 2 is 2.40 bits per heavy atom. The van der Waals surface area contributed by atoms with Gasteiger partial charge in [0.05, 0.1) is 6.54 Å². The molecule has 0 aliphatic carbocycles. The number of nitrogens with two attached hydrogens (primary N) is 1. The van der Waals surface area contributed by atoms with E-state index in [-0.39, 0.29) is 0 Å². The molecular weight excluding hydrogens is 214 g/mol. The summed E-state index contributed by atoms with van der Waals surface area (Å²) in [4.78, 5) is 0.746. The van der Waals surface area contributed by atoms with Gasteiger partial charge in [-0.2, -0.15) is 4.52 Å². The van der Waals surface area contributed by atoms with Gasteiger partial charge in [-0.15, -0.1) is 15.3 Å². The van der Waals surface area contributed by atoms with Crippen molar-refractivity contribution in [2.75, 3.05) is 0 Å². The van der Waals surface area contributed by atoms with Gasteiger partial charge in [-0.25, -0.2) is 0 Å². The molecule has 0 unspecified atom stereocenters. The fraction of sp³-hybridized carbons (Fsp3) is 0.125. The second kappa shape index (κ2) is 3.14. The number of aromatic nitrogens is 4. The Bertz CT molecular complexity index is 566. The predicted molar refractivity (Wildman–Crippen MR) is 54.3 cm³/mol. The molecule has 0 saturated heterocycles. The first-order chi connectivity index (χ1) is 7.36. The van der Waals surface area contributed by atoms with Crippen LogP contribution in [0.25, 0.3) is 15.7 Å². The fourth-order valence-corrected chi connectivity index (χ4v) is 2.04. The van der Waals surface area contributed by atoms with Crippen LogP contribution in [-0.4, -0.2) is 19.8 Å². The second-order valence-electron chi connectivity index (χ2n) is 2.94. The maximum atomic E-state index is 5.48. The average molecular weight is 221 g/mol. The SMILES string of the molecule is NCc1ccc(-c2nn3cnnc3s2)o1. The lowest BCUT2D eigenvalue weighted by Crippen LogP contribution is -1.92. The molecule has 0 atom stereocenters. The van der Waals surface area contributed by atoms with Crippen LogP contribution in [0.15, 0.2) is 22.9 Å². The zero-order chi connectivity index (χ0) is 10.3. The lowest BCUT2D eigenvalue weighted by Gasteiger charge is -1.88.